The molecule has 1 atom stereocenters. The zero-order chi connectivity index (χ0) is 11.8. The van der Waals surface area contributed by atoms with Gasteiger partial charge in [-0.05, 0) is 12.8 Å². The smallest absolute Gasteiger partial charge is 0.394 e. The summed E-state index contributed by atoms with van der Waals surface area (Å²) < 4.78 is 37.0. The van der Waals surface area contributed by atoms with Crippen molar-refractivity contribution in [2.24, 2.45) is 0 Å². The van der Waals surface area contributed by atoms with E-state index in [1.807, 2.05) is 0 Å². The van der Waals surface area contributed by atoms with E-state index in [0.717, 1.165) is 29.6 Å². The van der Waals surface area contributed by atoms with Crippen molar-refractivity contribution in [1.82, 2.24) is 4.98 Å². The van der Waals surface area contributed by atoms with E-state index < -0.39 is 11.9 Å². The number of nitrogens with zero attached hydrogens (tertiary/aromatic N) is 2. The summed E-state index contributed by atoms with van der Waals surface area (Å²) in [4.78, 5) is 5.32. The largest absolute Gasteiger partial charge is 0.434 e. The topological polar surface area (TPSA) is 36.4 Å². The number of aromatic nitrogens is 1. The van der Waals surface area contributed by atoms with Crippen molar-refractivity contribution in [2.45, 2.75) is 25.1 Å². The molecular formula is C9H11F3N2OS. The number of anilines is 1. The van der Waals surface area contributed by atoms with Gasteiger partial charge in [0.15, 0.2) is 10.8 Å². The van der Waals surface area contributed by atoms with Gasteiger partial charge in [0.1, 0.15) is 0 Å². The van der Waals surface area contributed by atoms with Gasteiger partial charge in [0, 0.05) is 11.9 Å². The molecule has 1 aromatic heterocycles. The molecule has 1 unspecified atom stereocenters. The van der Waals surface area contributed by atoms with Gasteiger partial charge in [0.25, 0.3) is 0 Å². The van der Waals surface area contributed by atoms with Crippen LogP contribution in [0.3, 0.4) is 0 Å². The van der Waals surface area contributed by atoms with Gasteiger partial charge in [-0.2, -0.15) is 13.2 Å². The summed E-state index contributed by atoms with van der Waals surface area (Å²) in [7, 11) is 0. The summed E-state index contributed by atoms with van der Waals surface area (Å²) in [5, 5.41) is 10.4. The van der Waals surface area contributed by atoms with Gasteiger partial charge in [-0.25, -0.2) is 4.98 Å². The Kier molecular flexibility index (Phi) is 3.07. The lowest BCUT2D eigenvalue weighted by molar-refractivity contribution is -0.140. The molecule has 2 rings (SSSR count). The molecule has 90 valence electrons. The highest BCUT2D eigenvalue weighted by Crippen LogP contribution is 2.35. The average Bonchev–Trinajstić information content (AvgIpc) is 2.84. The highest BCUT2D eigenvalue weighted by Gasteiger charge is 2.35. The van der Waals surface area contributed by atoms with Crippen LogP contribution in [0.15, 0.2) is 5.38 Å². The summed E-state index contributed by atoms with van der Waals surface area (Å²) in [6, 6.07) is -0.0905. The molecule has 7 heteroatoms. The summed E-state index contributed by atoms with van der Waals surface area (Å²) >= 11 is 0.977. The Hall–Kier alpha value is -0.820. The molecule has 3 nitrogen and oxygen atoms in total. The van der Waals surface area contributed by atoms with E-state index in [2.05, 4.69) is 4.98 Å². The number of rotatable bonds is 2. The molecule has 16 heavy (non-hydrogen) atoms. The molecule has 1 aliphatic rings. The fraction of sp³-hybridized carbons (Fsp3) is 0.667. The molecule has 1 N–H and O–H groups in total. The van der Waals surface area contributed by atoms with Crippen LogP contribution in [-0.4, -0.2) is 29.3 Å². The molecule has 1 aromatic rings. The minimum absolute atomic E-state index is 0.0407. The first-order valence-electron chi connectivity index (χ1n) is 4.92. The molecule has 1 fully saturated rings. The first-order valence-corrected chi connectivity index (χ1v) is 5.80. The van der Waals surface area contributed by atoms with Crippen LogP contribution < -0.4 is 4.90 Å². The second-order valence-electron chi connectivity index (χ2n) is 3.69. The van der Waals surface area contributed by atoms with E-state index in [0.29, 0.717) is 11.7 Å². The van der Waals surface area contributed by atoms with Crippen LogP contribution in [0.25, 0.3) is 0 Å². The minimum Gasteiger partial charge on any atom is -0.394 e. The predicted molar refractivity (Wildman–Crippen MR) is 54.6 cm³/mol. The first kappa shape index (κ1) is 11.7. The van der Waals surface area contributed by atoms with Gasteiger partial charge in [0.2, 0.25) is 0 Å². The number of thiazole rings is 1. The van der Waals surface area contributed by atoms with Crippen molar-refractivity contribution >= 4 is 16.5 Å². The van der Waals surface area contributed by atoms with E-state index in [1.165, 1.54) is 0 Å². The lowest BCUT2D eigenvalue weighted by Crippen LogP contribution is -2.32. The maximum Gasteiger partial charge on any atom is 0.434 e. The first-order chi connectivity index (χ1) is 7.52. The van der Waals surface area contributed by atoms with Crippen LogP contribution in [0, 0.1) is 0 Å². The van der Waals surface area contributed by atoms with Crippen LogP contribution in [0.5, 0.6) is 0 Å². The van der Waals surface area contributed by atoms with Gasteiger partial charge in [-0.15, -0.1) is 11.3 Å². The maximum absolute atomic E-state index is 12.3. The molecule has 0 spiro atoms. The quantitative estimate of drug-likeness (QED) is 0.876. The third-order valence-electron chi connectivity index (χ3n) is 2.62. The summed E-state index contributed by atoms with van der Waals surface area (Å²) in [5.41, 5.74) is -0.851. The zero-order valence-electron chi connectivity index (χ0n) is 8.37. The zero-order valence-corrected chi connectivity index (χ0v) is 9.18. The molecule has 0 amide bonds. The van der Waals surface area contributed by atoms with E-state index in [4.69, 9.17) is 5.11 Å². The van der Waals surface area contributed by atoms with Crippen LogP contribution in [-0.2, 0) is 6.18 Å². The number of alkyl halides is 3. The Labute approximate surface area is 94.5 Å². The third kappa shape index (κ3) is 2.15. The summed E-state index contributed by atoms with van der Waals surface area (Å²) in [5.74, 6) is 0. The van der Waals surface area contributed by atoms with Crippen molar-refractivity contribution in [1.29, 1.82) is 0 Å². The van der Waals surface area contributed by atoms with Gasteiger partial charge in [-0.3, -0.25) is 0 Å². The fourth-order valence-corrected chi connectivity index (χ4v) is 2.73. The predicted octanol–water partition coefficient (Wildman–Crippen LogP) is 2.12. The normalized spacial score (nSPS) is 21.8. The fourth-order valence-electron chi connectivity index (χ4n) is 1.80. The van der Waals surface area contributed by atoms with E-state index in [1.54, 1.807) is 4.90 Å². The van der Waals surface area contributed by atoms with Crippen LogP contribution in [0.1, 0.15) is 18.5 Å². The molecule has 0 aliphatic carbocycles. The van der Waals surface area contributed by atoms with Crippen LogP contribution in [0.4, 0.5) is 18.3 Å². The lowest BCUT2D eigenvalue weighted by atomic mass is 10.2. The van der Waals surface area contributed by atoms with Gasteiger partial charge in [0.05, 0.1) is 12.6 Å². The summed E-state index contributed by atoms with van der Waals surface area (Å²) in [6.07, 6.45) is -2.70. The molecule has 2 heterocycles. The SMILES string of the molecule is OCC1CCCN1c1nc(C(F)(F)F)cs1. The van der Waals surface area contributed by atoms with Crippen molar-refractivity contribution < 1.29 is 18.3 Å². The molecule has 0 radical (unpaired) electrons. The standard InChI is InChI=1S/C9H11F3N2OS/c10-9(11,12)7-5-16-8(13-7)14-3-1-2-6(14)4-15/h5-6,15H,1-4H2. The van der Waals surface area contributed by atoms with E-state index in [9.17, 15) is 13.2 Å². The van der Waals surface area contributed by atoms with E-state index in [-0.39, 0.29) is 12.6 Å². The molecule has 0 bridgehead atoms. The van der Waals surface area contributed by atoms with E-state index >= 15 is 0 Å². The molecular weight excluding hydrogens is 241 g/mol. The van der Waals surface area contributed by atoms with Crippen molar-refractivity contribution in [3.63, 3.8) is 0 Å². The molecule has 1 saturated heterocycles. The maximum atomic E-state index is 12.3. The Bertz CT molecular complexity index is 366. The Balaban J connectivity index is 2.18. The molecule has 0 aromatic carbocycles. The van der Waals surface area contributed by atoms with Crippen molar-refractivity contribution in [2.75, 3.05) is 18.1 Å². The Morgan fingerprint density at radius 3 is 2.88 bits per heavy atom. The lowest BCUT2D eigenvalue weighted by Gasteiger charge is -2.21. The average molecular weight is 252 g/mol. The monoisotopic (exact) mass is 252 g/mol. The van der Waals surface area contributed by atoms with Crippen molar-refractivity contribution in [3.05, 3.63) is 11.1 Å². The molecule has 1 aliphatic heterocycles. The second-order valence-corrected chi connectivity index (χ2v) is 4.52. The minimum atomic E-state index is -4.39. The highest BCUT2D eigenvalue weighted by molar-refractivity contribution is 7.13. The van der Waals surface area contributed by atoms with Gasteiger partial charge >= 0.3 is 6.18 Å². The van der Waals surface area contributed by atoms with Crippen molar-refractivity contribution in [3.8, 4) is 0 Å². The number of aliphatic hydroxyl groups excluding tert-OH is 1. The Morgan fingerprint density at radius 1 is 1.56 bits per heavy atom. The number of halogens is 3. The van der Waals surface area contributed by atoms with Crippen LogP contribution >= 0.6 is 11.3 Å². The van der Waals surface area contributed by atoms with Crippen LogP contribution in [0.2, 0.25) is 0 Å². The second kappa shape index (κ2) is 4.21. The Morgan fingerprint density at radius 2 is 2.31 bits per heavy atom. The molecule has 0 saturated carbocycles. The van der Waals surface area contributed by atoms with Gasteiger partial charge in [-0.1, -0.05) is 0 Å². The number of hydrogen-bond acceptors (Lipinski definition) is 4. The highest BCUT2D eigenvalue weighted by atomic mass is 32.1. The number of aliphatic hydroxyl groups is 1. The number of hydrogen-bond donors (Lipinski definition) is 1. The van der Waals surface area contributed by atoms with Gasteiger partial charge < -0.3 is 10.0 Å². The third-order valence-corrected chi connectivity index (χ3v) is 3.49. The summed E-state index contributed by atoms with van der Waals surface area (Å²) in [6.45, 7) is 0.622.